The number of hydrogen-bond donors (Lipinski definition) is 4. The second kappa shape index (κ2) is 11.8. The van der Waals surface area contributed by atoms with Gasteiger partial charge in [-0.1, -0.05) is 12.1 Å². The summed E-state index contributed by atoms with van der Waals surface area (Å²) in [5.74, 6) is -2.82. The van der Waals surface area contributed by atoms with E-state index in [-0.39, 0.29) is 34.9 Å². The number of aliphatic hydroxyl groups is 3. The highest BCUT2D eigenvalue weighted by Gasteiger charge is 2.53. The van der Waals surface area contributed by atoms with Gasteiger partial charge in [0.25, 0.3) is 5.91 Å². The van der Waals surface area contributed by atoms with E-state index >= 15 is 0 Å². The zero-order chi connectivity index (χ0) is 31.1. The maximum absolute atomic E-state index is 13.9. The van der Waals surface area contributed by atoms with Gasteiger partial charge in [-0.05, 0) is 35.9 Å². The van der Waals surface area contributed by atoms with E-state index in [0.717, 1.165) is 6.08 Å². The molecule has 0 bridgehead atoms. The molecule has 2 aromatic carbocycles. The summed E-state index contributed by atoms with van der Waals surface area (Å²) in [5, 5.41) is 33.4. The highest BCUT2D eigenvalue weighted by atomic mass is 19.4. The maximum atomic E-state index is 13.9. The van der Waals surface area contributed by atoms with Crippen LogP contribution in [0.5, 0.6) is 17.2 Å². The summed E-state index contributed by atoms with van der Waals surface area (Å²) in [6, 6.07) is 7.38. The van der Waals surface area contributed by atoms with Gasteiger partial charge in [0.05, 0.1) is 39.4 Å². The minimum atomic E-state index is -4.90. The number of methoxy groups -OCH3 is 2. The lowest BCUT2D eigenvalue weighted by Gasteiger charge is -2.40. The molecular weight excluding hydrogens is 577 g/mol. The summed E-state index contributed by atoms with van der Waals surface area (Å²) in [4.78, 5) is 27.4. The van der Waals surface area contributed by atoms with Crippen molar-refractivity contribution >= 4 is 22.8 Å². The van der Waals surface area contributed by atoms with Crippen LogP contribution in [0.3, 0.4) is 0 Å². The summed E-state index contributed by atoms with van der Waals surface area (Å²) >= 11 is 0. The second-order valence-corrected chi connectivity index (χ2v) is 10.1. The number of benzene rings is 2. The van der Waals surface area contributed by atoms with E-state index in [9.17, 15) is 38.1 Å². The lowest BCUT2D eigenvalue weighted by atomic mass is 9.77. The van der Waals surface area contributed by atoms with Crippen LogP contribution in [0.15, 0.2) is 52.5 Å². The highest BCUT2D eigenvalue weighted by Crippen LogP contribution is 2.51. The fourth-order valence-electron chi connectivity index (χ4n) is 5.57. The van der Waals surface area contributed by atoms with Crippen molar-refractivity contribution < 1.29 is 56.7 Å². The molecule has 0 radical (unpaired) electrons. The number of carbonyl (C=O) groups excluding carboxylic acids is 2. The molecule has 230 valence electrons. The monoisotopic (exact) mass is 606 g/mol. The normalized spacial score (nSPS) is 21.0. The van der Waals surface area contributed by atoms with E-state index in [4.69, 9.17) is 18.6 Å². The van der Waals surface area contributed by atoms with E-state index in [1.807, 2.05) is 0 Å². The number of ether oxygens (including phenoxy) is 3. The van der Waals surface area contributed by atoms with Crippen LogP contribution in [0.1, 0.15) is 27.6 Å². The Morgan fingerprint density at radius 1 is 1.09 bits per heavy atom. The van der Waals surface area contributed by atoms with Crippen molar-refractivity contribution in [2.24, 2.45) is 0 Å². The largest absolute Gasteiger partial charge is 0.493 e. The van der Waals surface area contributed by atoms with Crippen LogP contribution >= 0.6 is 0 Å². The van der Waals surface area contributed by atoms with Gasteiger partial charge in [0.1, 0.15) is 18.8 Å². The van der Waals surface area contributed by atoms with Crippen LogP contribution in [0.2, 0.25) is 0 Å². The lowest BCUT2D eigenvalue weighted by molar-refractivity contribution is -0.149. The predicted octanol–water partition coefficient (Wildman–Crippen LogP) is 2.27. The average molecular weight is 607 g/mol. The fraction of sp³-hybridized carbons (Fsp3) is 0.379. The van der Waals surface area contributed by atoms with Crippen LogP contribution in [-0.4, -0.2) is 90.4 Å². The molecule has 2 aliphatic rings. The molecule has 5 rings (SSSR count). The number of rotatable bonds is 9. The number of halogens is 3. The molecule has 0 saturated heterocycles. The third-order valence-electron chi connectivity index (χ3n) is 7.40. The van der Waals surface area contributed by atoms with E-state index in [1.54, 1.807) is 24.3 Å². The molecule has 0 unspecified atom stereocenters. The van der Waals surface area contributed by atoms with Crippen molar-refractivity contribution in [2.75, 3.05) is 33.9 Å². The van der Waals surface area contributed by atoms with Crippen molar-refractivity contribution in [2.45, 2.75) is 37.0 Å². The summed E-state index contributed by atoms with van der Waals surface area (Å²) < 4.78 is 64.1. The van der Waals surface area contributed by atoms with Gasteiger partial charge in [0, 0.05) is 23.1 Å². The van der Waals surface area contributed by atoms with Crippen LogP contribution < -0.4 is 19.5 Å². The first kappa shape index (κ1) is 30.2. The van der Waals surface area contributed by atoms with Crippen LogP contribution in [0.4, 0.5) is 13.2 Å². The topological polar surface area (TPSA) is 151 Å². The van der Waals surface area contributed by atoms with Crippen molar-refractivity contribution in [1.29, 1.82) is 0 Å². The number of aliphatic hydroxyl groups excluding tert-OH is 3. The first-order valence-electron chi connectivity index (χ1n) is 13.2. The van der Waals surface area contributed by atoms with Gasteiger partial charge in [-0.2, -0.15) is 13.2 Å². The van der Waals surface area contributed by atoms with Crippen LogP contribution in [-0.2, 0) is 11.4 Å². The molecule has 4 atom stereocenters. The summed E-state index contributed by atoms with van der Waals surface area (Å²) in [7, 11) is 2.72. The Hall–Kier alpha value is -4.27. The Morgan fingerprint density at radius 3 is 2.49 bits per heavy atom. The molecule has 0 fully saturated rings. The number of amides is 2. The number of furan rings is 1. The first-order chi connectivity index (χ1) is 20.5. The molecule has 4 N–H and O–H groups in total. The third-order valence-corrected chi connectivity index (χ3v) is 7.40. The molecule has 1 aliphatic heterocycles. The Morgan fingerprint density at radius 2 is 1.84 bits per heavy atom. The summed E-state index contributed by atoms with van der Waals surface area (Å²) in [5.41, 5.74) is 0.802. The smallest absolute Gasteiger partial charge is 0.406 e. The number of carbonyl (C=O) groups is 2. The standard InChI is InChI=1S/C29H29F3N2O9/c1-40-19-5-3-4-15-10-21(42-24(15)19)28(39)34(13-29(30,31)32)18-11-17(27(38)33-6-7-35)22-16-8-14(12-36)9-20(41-2)25(16)43-26(22)23(18)37/h3-5,8-11,18,22-23,26,35-37H,6-7,12-13H2,1-2H3,(H,33,38)/t18-,22+,23+,26+/m1/s1. The van der Waals surface area contributed by atoms with Crippen molar-refractivity contribution in [1.82, 2.24) is 10.2 Å². The van der Waals surface area contributed by atoms with E-state index < -0.39 is 67.7 Å². The molecule has 14 heteroatoms. The van der Waals surface area contributed by atoms with Crippen molar-refractivity contribution in [3.8, 4) is 17.2 Å². The van der Waals surface area contributed by atoms with E-state index in [2.05, 4.69) is 5.32 Å². The van der Waals surface area contributed by atoms with Gasteiger partial charge in [0.15, 0.2) is 28.6 Å². The Bertz CT molecular complexity index is 1570. The van der Waals surface area contributed by atoms with Crippen LogP contribution in [0, 0.1) is 0 Å². The van der Waals surface area contributed by atoms with Gasteiger partial charge in [0.2, 0.25) is 5.91 Å². The second-order valence-electron chi connectivity index (χ2n) is 10.1. The summed E-state index contributed by atoms with van der Waals surface area (Å²) in [6.07, 6.45) is -6.87. The quantitative estimate of drug-likeness (QED) is 0.288. The molecule has 3 aromatic rings. The number of hydrogen-bond acceptors (Lipinski definition) is 9. The molecule has 2 amide bonds. The predicted molar refractivity (Wildman–Crippen MR) is 144 cm³/mol. The number of nitrogens with zero attached hydrogens (tertiary/aromatic N) is 1. The van der Waals surface area contributed by atoms with Crippen molar-refractivity contribution in [3.05, 3.63) is 64.9 Å². The van der Waals surface area contributed by atoms with Gasteiger partial charge in [-0.25, -0.2) is 0 Å². The fourth-order valence-corrected chi connectivity index (χ4v) is 5.57. The summed E-state index contributed by atoms with van der Waals surface area (Å²) in [6.45, 7) is -2.76. The zero-order valence-corrected chi connectivity index (χ0v) is 23.1. The van der Waals surface area contributed by atoms with Gasteiger partial charge >= 0.3 is 6.18 Å². The molecule has 0 saturated carbocycles. The number of alkyl halides is 3. The average Bonchev–Trinajstić information content (AvgIpc) is 3.60. The van der Waals surface area contributed by atoms with E-state index in [0.29, 0.717) is 21.4 Å². The zero-order valence-electron chi connectivity index (χ0n) is 23.1. The Labute approximate surface area is 243 Å². The molecule has 0 spiro atoms. The minimum Gasteiger partial charge on any atom is -0.493 e. The number of para-hydroxylation sites is 1. The van der Waals surface area contributed by atoms with Gasteiger partial charge < -0.3 is 44.2 Å². The Kier molecular flexibility index (Phi) is 8.27. The number of nitrogens with one attached hydrogen (secondary N) is 1. The first-order valence-corrected chi connectivity index (χ1v) is 13.2. The van der Waals surface area contributed by atoms with Gasteiger partial charge in [-0.15, -0.1) is 0 Å². The SMILES string of the molecule is COc1cc(CO)cc2c1O[C@@H]1[C@@H](O)[C@H](N(CC(F)(F)F)C(=O)c3cc4cccc(OC)c4o3)C=C(C(=O)NCCO)[C@H]21. The minimum absolute atomic E-state index is 0.101. The van der Waals surface area contributed by atoms with Crippen molar-refractivity contribution in [3.63, 3.8) is 0 Å². The highest BCUT2D eigenvalue weighted by molar-refractivity contribution is 5.99. The maximum Gasteiger partial charge on any atom is 0.406 e. The van der Waals surface area contributed by atoms with Crippen LogP contribution in [0.25, 0.3) is 11.0 Å². The lowest BCUT2D eigenvalue weighted by Crippen LogP contribution is -2.57. The molecule has 1 aromatic heterocycles. The molecule has 1 aliphatic carbocycles. The van der Waals surface area contributed by atoms with E-state index in [1.165, 1.54) is 26.4 Å². The Balaban J connectivity index is 1.63. The molecule has 2 heterocycles. The molecular formula is C29H29F3N2O9. The third kappa shape index (κ3) is 5.60. The molecule has 11 nitrogen and oxygen atoms in total. The van der Waals surface area contributed by atoms with Gasteiger partial charge in [-0.3, -0.25) is 9.59 Å². The molecule has 43 heavy (non-hydrogen) atoms. The number of fused-ring (bicyclic) bond motifs is 4.